The first-order chi connectivity index (χ1) is 8.09. The Balaban J connectivity index is 2.32. The standard InChI is InChI=1S/C13H13BrClFO/c14-11-6-5-10(13(16)12(11)15)8-3-1-2-4-9(17)7-8/h5-6,8H,1-4,7H2. The summed E-state index contributed by atoms with van der Waals surface area (Å²) in [6.45, 7) is 0. The molecule has 0 amide bonds. The summed E-state index contributed by atoms with van der Waals surface area (Å²) in [6, 6.07) is 3.48. The lowest BCUT2D eigenvalue weighted by Gasteiger charge is -2.15. The van der Waals surface area contributed by atoms with E-state index in [9.17, 15) is 9.18 Å². The van der Waals surface area contributed by atoms with Gasteiger partial charge < -0.3 is 0 Å². The van der Waals surface area contributed by atoms with Crippen molar-refractivity contribution in [2.24, 2.45) is 0 Å². The quantitative estimate of drug-likeness (QED) is 0.534. The van der Waals surface area contributed by atoms with Crippen LogP contribution >= 0.6 is 27.5 Å². The third-order valence-corrected chi connectivity index (χ3v) is 4.50. The summed E-state index contributed by atoms with van der Waals surface area (Å²) < 4.78 is 14.6. The fourth-order valence-corrected chi connectivity index (χ4v) is 2.79. The van der Waals surface area contributed by atoms with E-state index in [-0.39, 0.29) is 22.5 Å². The van der Waals surface area contributed by atoms with Crippen molar-refractivity contribution in [3.63, 3.8) is 0 Å². The summed E-state index contributed by atoms with van der Waals surface area (Å²) in [5.74, 6) is -0.178. The van der Waals surface area contributed by atoms with E-state index in [2.05, 4.69) is 15.9 Å². The van der Waals surface area contributed by atoms with E-state index in [1.807, 2.05) is 0 Å². The molecule has 1 aliphatic carbocycles. The number of hydrogen-bond acceptors (Lipinski definition) is 1. The molecule has 92 valence electrons. The molecule has 1 saturated carbocycles. The highest BCUT2D eigenvalue weighted by Crippen LogP contribution is 2.36. The fourth-order valence-electron chi connectivity index (χ4n) is 2.31. The monoisotopic (exact) mass is 318 g/mol. The first-order valence-electron chi connectivity index (χ1n) is 5.74. The maximum absolute atomic E-state index is 14.0. The Bertz CT molecular complexity index is 447. The molecule has 4 heteroatoms. The molecule has 2 rings (SSSR count). The number of rotatable bonds is 1. The lowest BCUT2D eigenvalue weighted by Crippen LogP contribution is -2.06. The van der Waals surface area contributed by atoms with E-state index in [0.29, 0.717) is 22.9 Å². The molecule has 0 aromatic heterocycles. The highest BCUT2D eigenvalue weighted by atomic mass is 79.9. The van der Waals surface area contributed by atoms with Crippen LogP contribution in [0.1, 0.15) is 43.6 Å². The number of halogens is 3. The number of ketones is 1. The van der Waals surface area contributed by atoms with Crippen LogP contribution in [0.3, 0.4) is 0 Å². The van der Waals surface area contributed by atoms with E-state index in [4.69, 9.17) is 11.6 Å². The average molecular weight is 320 g/mol. The second-order valence-electron chi connectivity index (χ2n) is 4.45. The van der Waals surface area contributed by atoms with Gasteiger partial charge in [-0.2, -0.15) is 0 Å². The third-order valence-electron chi connectivity index (χ3n) is 3.24. The lowest BCUT2D eigenvalue weighted by molar-refractivity contribution is -0.119. The number of hydrogen-bond donors (Lipinski definition) is 0. The number of carbonyl (C=O) groups is 1. The molecule has 0 spiro atoms. The largest absolute Gasteiger partial charge is 0.300 e. The smallest absolute Gasteiger partial charge is 0.146 e. The van der Waals surface area contributed by atoms with Crippen molar-refractivity contribution in [2.45, 2.75) is 38.0 Å². The SMILES string of the molecule is O=C1CCCCC(c2ccc(Br)c(Cl)c2F)C1. The molecule has 1 fully saturated rings. The Morgan fingerprint density at radius 1 is 1.35 bits per heavy atom. The molecule has 0 N–H and O–H groups in total. The van der Waals surface area contributed by atoms with Gasteiger partial charge in [-0.1, -0.05) is 24.1 Å². The maximum atomic E-state index is 14.0. The van der Waals surface area contributed by atoms with Crippen molar-refractivity contribution in [1.29, 1.82) is 0 Å². The molecule has 0 saturated heterocycles. The minimum atomic E-state index is -0.388. The minimum Gasteiger partial charge on any atom is -0.300 e. The van der Waals surface area contributed by atoms with Crippen LogP contribution in [0.2, 0.25) is 5.02 Å². The van der Waals surface area contributed by atoms with Gasteiger partial charge in [0.15, 0.2) is 0 Å². The second kappa shape index (κ2) is 5.49. The minimum absolute atomic E-state index is 0.0180. The van der Waals surface area contributed by atoms with Gasteiger partial charge in [0.25, 0.3) is 0 Å². The first kappa shape index (κ1) is 13.0. The molecule has 1 aromatic carbocycles. The van der Waals surface area contributed by atoms with Crippen LogP contribution < -0.4 is 0 Å². The van der Waals surface area contributed by atoms with E-state index in [1.54, 1.807) is 12.1 Å². The molecule has 1 nitrogen and oxygen atoms in total. The summed E-state index contributed by atoms with van der Waals surface area (Å²) in [5.41, 5.74) is 0.577. The van der Waals surface area contributed by atoms with Crippen molar-refractivity contribution < 1.29 is 9.18 Å². The zero-order valence-corrected chi connectivity index (χ0v) is 11.7. The molecule has 0 aliphatic heterocycles. The Hall–Kier alpha value is -0.410. The highest BCUT2D eigenvalue weighted by molar-refractivity contribution is 9.10. The molecule has 1 aromatic rings. The summed E-state index contributed by atoms with van der Waals surface area (Å²) in [4.78, 5) is 11.6. The molecular weight excluding hydrogens is 306 g/mol. The Labute approximate surface area is 113 Å². The van der Waals surface area contributed by atoms with Gasteiger partial charge in [-0.05, 0) is 46.3 Å². The second-order valence-corrected chi connectivity index (χ2v) is 5.68. The van der Waals surface area contributed by atoms with Crippen LogP contribution in [0.15, 0.2) is 16.6 Å². The molecule has 1 unspecified atom stereocenters. The topological polar surface area (TPSA) is 17.1 Å². The van der Waals surface area contributed by atoms with Gasteiger partial charge in [0, 0.05) is 17.3 Å². The van der Waals surface area contributed by atoms with Gasteiger partial charge in [0.1, 0.15) is 11.6 Å². The Morgan fingerprint density at radius 3 is 2.88 bits per heavy atom. The van der Waals surface area contributed by atoms with Crippen LogP contribution in [0.25, 0.3) is 0 Å². The van der Waals surface area contributed by atoms with Crippen LogP contribution in [-0.4, -0.2) is 5.78 Å². The maximum Gasteiger partial charge on any atom is 0.146 e. The molecule has 17 heavy (non-hydrogen) atoms. The molecule has 1 aliphatic rings. The van der Waals surface area contributed by atoms with Crippen LogP contribution in [-0.2, 0) is 4.79 Å². The highest BCUT2D eigenvalue weighted by Gasteiger charge is 2.23. The van der Waals surface area contributed by atoms with E-state index in [0.717, 1.165) is 19.3 Å². The van der Waals surface area contributed by atoms with Crippen LogP contribution in [0.4, 0.5) is 4.39 Å². The number of Topliss-reactive ketones (excluding diaryl/α,β-unsaturated/α-hetero) is 1. The van der Waals surface area contributed by atoms with Gasteiger partial charge in [-0.25, -0.2) is 4.39 Å². The molecule has 0 radical (unpaired) electrons. The van der Waals surface area contributed by atoms with Crippen molar-refractivity contribution in [2.75, 3.05) is 0 Å². The van der Waals surface area contributed by atoms with Gasteiger partial charge in [-0.3, -0.25) is 4.79 Å². The summed E-state index contributed by atoms with van der Waals surface area (Å²) >= 11 is 9.07. The zero-order chi connectivity index (χ0) is 12.4. The van der Waals surface area contributed by atoms with Gasteiger partial charge in [-0.15, -0.1) is 0 Å². The predicted molar refractivity (Wildman–Crippen MR) is 69.9 cm³/mol. The van der Waals surface area contributed by atoms with Gasteiger partial charge in [0.05, 0.1) is 5.02 Å². The van der Waals surface area contributed by atoms with Gasteiger partial charge >= 0.3 is 0 Å². The lowest BCUT2D eigenvalue weighted by atomic mass is 9.91. The molecule has 0 bridgehead atoms. The number of benzene rings is 1. The van der Waals surface area contributed by atoms with Gasteiger partial charge in [0.2, 0.25) is 0 Å². The zero-order valence-electron chi connectivity index (χ0n) is 9.31. The van der Waals surface area contributed by atoms with Crippen molar-refractivity contribution in [3.8, 4) is 0 Å². The summed E-state index contributed by atoms with van der Waals surface area (Å²) in [5, 5.41) is 0.110. The fraction of sp³-hybridized carbons (Fsp3) is 0.462. The average Bonchev–Trinajstić information content (AvgIpc) is 2.51. The Morgan fingerprint density at radius 2 is 2.12 bits per heavy atom. The van der Waals surface area contributed by atoms with E-state index in [1.165, 1.54) is 0 Å². The van der Waals surface area contributed by atoms with Crippen LogP contribution in [0, 0.1) is 5.82 Å². The summed E-state index contributed by atoms with van der Waals surface area (Å²) in [6.07, 6.45) is 3.82. The molecule has 0 heterocycles. The molecule has 1 atom stereocenters. The normalized spacial score (nSPS) is 21.4. The molecular formula is C13H13BrClFO. The van der Waals surface area contributed by atoms with Crippen molar-refractivity contribution in [1.82, 2.24) is 0 Å². The van der Waals surface area contributed by atoms with Crippen molar-refractivity contribution >= 4 is 33.3 Å². The predicted octanol–water partition coefficient (Wildman–Crippen LogP) is 4.86. The van der Waals surface area contributed by atoms with Crippen LogP contribution in [0.5, 0.6) is 0 Å². The van der Waals surface area contributed by atoms with Crippen molar-refractivity contribution in [3.05, 3.63) is 33.0 Å². The number of carbonyl (C=O) groups excluding carboxylic acids is 1. The third kappa shape index (κ3) is 2.89. The summed E-state index contributed by atoms with van der Waals surface area (Å²) in [7, 11) is 0. The van der Waals surface area contributed by atoms with E-state index >= 15 is 0 Å². The van der Waals surface area contributed by atoms with E-state index < -0.39 is 0 Å². The Kier molecular flexibility index (Phi) is 4.21. The first-order valence-corrected chi connectivity index (χ1v) is 6.91.